The van der Waals surface area contributed by atoms with Crippen molar-refractivity contribution >= 4 is 40.1 Å². The summed E-state index contributed by atoms with van der Waals surface area (Å²) in [5.74, 6) is 0.0404. The van der Waals surface area contributed by atoms with Crippen LogP contribution in [0.4, 0.5) is 0 Å². The van der Waals surface area contributed by atoms with Crippen LogP contribution in [0.3, 0.4) is 0 Å². The molecule has 0 radical (unpaired) electrons. The van der Waals surface area contributed by atoms with Gasteiger partial charge in [-0.1, -0.05) is 48.3 Å². The minimum absolute atomic E-state index is 0.194. The average molecular weight is 412 g/mol. The van der Waals surface area contributed by atoms with Crippen molar-refractivity contribution in [2.75, 3.05) is 0 Å². The molecule has 0 amide bonds. The minimum atomic E-state index is -1.00. The molecule has 2 aromatic carbocycles. The van der Waals surface area contributed by atoms with Gasteiger partial charge < -0.3 is 9.52 Å². The SMILES string of the molecule is CCc1cccc2c(C(=O)O)cc(-c3ccc(-c4cc(Cl)cc(Cl)c4)o3)nc12. The van der Waals surface area contributed by atoms with Crippen LogP contribution in [0.2, 0.25) is 10.0 Å². The van der Waals surface area contributed by atoms with E-state index in [4.69, 9.17) is 32.6 Å². The highest BCUT2D eigenvalue weighted by atomic mass is 35.5. The predicted molar refractivity (Wildman–Crippen MR) is 111 cm³/mol. The first-order valence-electron chi connectivity index (χ1n) is 8.69. The number of carboxylic acids is 1. The van der Waals surface area contributed by atoms with E-state index in [2.05, 4.69) is 0 Å². The van der Waals surface area contributed by atoms with Crippen LogP contribution in [0.25, 0.3) is 33.7 Å². The summed E-state index contributed by atoms with van der Waals surface area (Å²) in [4.78, 5) is 16.5. The summed E-state index contributed by atoms with van der Waals surface area (Å²) >= 11 is 12.1. The number of fused-ring (bicyclic) bond motifs is 1. The fourth-order valence-corrected chi connectivity index (χ4v) is 3.75. The lowest BCUT2D eigenvalue weighted by atomic mass is 10.0. The van der Waals surface area contributed by atoms with Crippen molar-refractivity contribution in [3.05, 3.63) is 75.8 Å². The Morgan fingerprint density at radius 3 is 2.43 bits per heavy atom. The van der Waals surface area contributed by atoms with Crippen molar-refractivity contribution in [3.63, 3.8) is 0 Å². The highest BCUT2D eigenvalue weighted by Gasteiger charge is 2.17. The number of carboxylic acid groups (broad SMARTS) is 1. The van der Waals surface area contributed by atoms with Gasteiger partial charge >= 0.3 is 5.97 Å². The number of halogens is 2. The van der Waals surface area contributed by atoms with E-state index in [1.807, 2.05) is 19.1 Å². The molecule has 1 N–H and O–H groups in total. The summed E-state index contributed by atoms with van der Waals surface area (Å²) in [6, 6.07) is 15.8. The molecule has 6 heteroatoms. The zero-order valence-corrected chi connectivity index (χ0v) is 16.4. The van der Waals surface area contributed by atoms with Gasteiger partial charge in [0.25, 0.3) is 0 Å². The molecule has 0 aliphatic carbocycles. The van der Waals surface area contributed by atoms with Crippen LogP contribution in [-0.4, -0.2) is 16.1 Å². The number of hydrogen-bond acceptors (Lipinski definition) is 3. The number of aryl methyl sites for hydroxylation is 1. The second-order valence-corrected chi connectivity index (χ2v) is 7.22. The van der Waals surface area contributed by atoms with Gasteiger partial charge in [0.1, 0.15) is 11.5 Å². The van der Waals surface area contributed by atoms with Crippen molar-refractivity contribution in [3.8, 4) is 22.8 Å². The molecule has 4 rings (SSSR count). The highest BCUT2D eigenvalue weighted by Crippen LogP contribution is 2.33. The van der Waals surface area contributed by atoms with Gasteiger partial charge in [0, 0.05) is 21.0 Å². The van der Waals surface area contributed by atoms with E-state index in [0.717, 1.165) is 17.5 Å². The summed E-state index contributed by atoms with van der Waals surface area (Å²) < 4.78 is 5.95. The van der Waals surface area contributed by atoms with Crippen molar-refractivity contribution in [2.24, 2.45) is 0 Å². The first-order valence-corrected chi connectivity index (χ1v) is 9.44. The maximum Gasteiger partial charge on any atom is 0.336 e. The monoisotopic (exact) mass is 411 g/mol. The number of para-hydroxylation sites is 1. The van der Waals surface area contributed by atoms with Gasteiger partial charge in [0.05, 0.1) is 11.1 Å². The number of nitrogens with zero attached hydrogens (tertiary/aromatic N) is 1. The first-order chi connectivity index (χ1) is 13.5. The van der Waals surface area contributed by atoms with Crippen LogP contribution in [-0.2, 0) is 6.42 Å². The van der Waals surface area contributed by atoms with Crippen LogP contribution < -0.4 is 0 Å². The third kappa shape index (κ3) is 3.37. The molecule has 140 valence electrons. The van der Waals surface area contributed by atoms with E-state index in [-0.39, 0.29) is 5.56 Å². The Labute approximate surface area is 171 Å². The number of benzene rings is 2. The third-order valence-electron chi connectivity index (χ3n) is 4.54. The summed E-state index contributed by atoms with van der Waals surface area (Å²) in [6.45, 7) is 2.01. The Morgan fingerprint density at radius 1 is 1.04 bits per heavy atom. The number of pyridine rings is 1. The average Bonchev–Trinajstić information content (AvgIpc) is 3.16. The Kier molecular flexibility index (Phi) is 4.84. The predicted octanol–water partition coefficient (Wildman–Crippen LogP) is 6.73. The maximum absolute atomic E-state index is 11.8. The number of rotatable bonds is 4. The molecule has 28 heavy (non-hydrogen) atoms. The molecule has 4 aromatic rings. The molecular formula is C22H15Cl2NO3. The summed E-state index contributed by atoms with van der Waals surface area (Å²) in [7, 11) is 0. The van der Waals surface area contributed by atoms with E-state index >= 15 is 0 Å². The number of carbonyl (C=O) groups is 1. The van der Waals surface area contributed by atoms with Gasteiger partial charge in [-0.25, -0.2) is 9.78 Å². The van der Waals surface area contributed by atoms with Gasteiger partial charge in [-0.15, -0.1) is 0 Å². The summed E-state index contributed by atoms with van der Waals surface area (Å²) in [5, 5.41) is 11.3. The topological polar surface area (TPSA) is 63.3 Å². The van der Waals surface area contributed by atoms with Gasteiger partial charge in [-0.2, -0.15) is 0 Å². The molecule has 0 saturated heterocycles. The molecule has 0 saturated carbocycles. The molecule has 4 nitrogen and oxygen atoms in total. The van der Waals surface area contributed by atoms with E-state index < -0.39 is 5.97 Å². The van der Waals surface area contributed by atoms with E-state index in [1.165, 1.54) is 6.07 Å². The van der Waals surface area contributed by atoms with E-state index in [9.17, 15) is 9.90 Å². The van der Waals surface area contributed by atoms with Crippen LogP contribution >= 0.6 is 23.2 Å². The van der Waals surface area contributed by atoms with Crippen molar-refractivity contribution in [1.82, 2.24) is 4.98 Å². The van der Waals surface area contributed by atoms with Gasteiger partial charge in [0.15, 0.2) is 5.76 Å². The fourth-order valence-electron chi connectivity index (χ4n) is 3.22. The Hall–Kier alpha value is -2.82. The van der Waals surface area contributed by atoms with Crippen molar-refractivity contribution in [1.29, 1.82) is 0 Å². The van der Waals surface area contributed by atoms with E-state index in [0.29, 0.717) is 38.2 Å². The first kappa shape index (κ1) is 18.5. The zero-order chi connectivity index (χ0) is 19.8. The zero-order valence-electron chi connectivity index (χ0n) is 14.9. The van der Waals surface area contributed by atoms with Gasteiger partial charge in [-0.3, -0.25) is 0 Å². The standard InChI is InChI=1S/C22H15Cl2NO3/c1-2-12-4-3-5-16-17(22(26)27)11-18(25-21(12)16)20-7-6-19(28-20)13-8-14(23)10-15(24)9-13/h3-11H,2H2,1H3,(H,26,27). The van der Waals surface area contributed by atoms with Crippen molar-refractivity contribution in [2.45, 2.75) is 13.3 Å². The molecular weight excluding hydrogens is 397 g/mol. The third-order valence-corrected chi connectivity index (χ3v) is 4.98. The highest BCUT2D eigenvalue weighted by molar-refractivity contribution is 6.35. The molecule has 0 atom stereocenters. The van der Waals surface area contributed by atoms with Gasteiger partial charge in [-0.05, 0) is 48.4 Å². The normalized spacial score (nSPS) is 11.1. The molecule has 2 heterocycles. The number of furan rings is 1. The number of aromatic carboxylic acids is 1. The lowest BCUT2D eigenvalue weighted by molar-refractivity contribution is 0.0699. The number of hydrogen-bond donors (Lipinski definition) is 1. The second-order valence-electron chi connectivity index (χ2n) is 6.35. The van der Waals surface area contributed by atoms with Crippen LogP contribution in [0.5, 0.6) is 0 Å². The van der Waals surface area contributed by atoms with Crippen LogP contribution in [0, 0.1) is 0 Å². The summed E-state index contributed by atoms with van der Waals surface area (Å²) in [6.07, 6.45) is 0.747. The minimum Gasteiger partial charge on any atom is -0.478 e. The fraction of sp³-hybridized carbons (Fsp3) is 0.0909. The molecule has 0 aliphatic heterocycles. The number of aromatic nitrogens is 1. The lowest BCUT2D eigenvalue weighted by Gasteiger charge is -2.09. The molecule has 2 aromatic heterocycles. The largest absolute Gasteiger partial charge is 0.478 e. The molecule has 0 spiro atoms. The lowest BCUT2D eigenvalue weighted by Crippen LogP contribution is -2.01. The summed E-state index contributed by atoms with van der Waals surface area (Å²) in [5.41, 5.74) is 3.04. The quantitative estimate of drug-likeness (QED) is 0.404. The second kappa shape index (κ2) is 7.30. The Morgan fingerprint density at radius 2 is 1.75 bits per heavy atom. The van der Waals surface area contributed by atoms with Crippen LogP contribution in [0.15, 0.2) is 59.0 Å². The van der Waals surface area contributed by atoms with Crippen molar-refractivity contribution < 1.29 is 14.3 Å². The van der Waals surface area contributed by atoms with Gasteiger partial charge in [0.2, 0.25) is 0 Å². The molecule has 0 unspecified atom stereocenters. The smallest absolute Gasteiger partial charge is 0.336 e. The Bertz CT molecular complexity index is 1190. The molecule has 0 bridgehead atoms. The molecule has 0 fully saturated rings. The Balaban J connectivity index is 1.88. The molecule has 0 aliphatic rings. The van der Waals surface area contributed by atoms with Crippen LogP contribution in [0.1, 0.15) is 22.8 Å². The van der Waals surface area contributed by atoms with E-state index in [1.54, 1.807) is 36.4 Å². The maximum atomic E-state index is 11.8.